The number of carbonyl (C=O) groups excluding carboxylic acids is 2. The van der Waals surface area contributed by atoms with Gasteiger partial charge in [0.2, 0.25) is 0 Å². The Labute approximate surface area is 221 Å². The summed E-state index contributed by atoms with van der Waals surface area (Å²) in [6.07, 6.45) is 2.70. The number of allylic oxidation sites excluding steroid dienone is 2. The number of benzene rings is 4. The molecule has 0 heterocycles. The fourth-order valence-corrected chi connectivity index (χ4v) is 3.03. The first-order valence-corrected chi connectivity index (χ1v) is 10.7. The molecule has 0 atom stereocenters. The van der Waals surface area contributed by atoms with Crippen LogP contribution in [-0.4, -0.2) is 55.3 Å². The molecule has 4 rings (SSSR count). The Morgan fingerprint density at radius 2 is 0.657 bits per heavy atom. The average Bonchev–Trinajstić information content (AvgIpc) is 2.91. The molecule has 0 saturated carbocycles. The van der Waals surface area contributed by atoms with E-state index in [-0.39, 0.29) is 47.0 Å². The van der Waals surface area contributed by atoms with Gasteiger partial charge >= 0.3 is 11.6 Å². The maximum absolute atomic E-state index is 9.83. The normalized spacial score (nSPS) is 10.9. The van der Waals surface area contributed by atoms with E-state index in [9.17, 15) is 19.8 Å². The van der Waals surface area contributed by atoms with Crippen LogP contribution in [0, 0.1) is 0 Å². The van der Waals surface area contributed by atoms with Crippen LogP contribution < -0.4 is 0 Å². The Morgan fingerprint density at radius 1 is 0.429 bits per heavy atom. The van der Waals surface area contributed by atoms with Crippen molar-refractivity contribution in [2.24, 2.45) is 0 Å². The summed E-state index contributed by atoms with van der Waals surface area (Å²) in [5, 5.41) is 19.7. The smallest absolute Gasteiger partial charge is 0.350 e. The summed E-state index contributed by atoms with van der Waals surface area (Å²) in [5.41, 5.74) is 2.70. The van der Waals surface area contributed by atoms with E-state index in [0.29, 0.717) is 22.3 Å². The van der Waals surface area contributed by atoms with Gasteiger partial charge in [0, 0.05) is 35.0 Å². The molecule has 4 nitrogen and oxygen atoms in total. The van der Waals surface area contributed by atoms with Gasteiger partial charge in [-0.2, -0.15) is 0 Å². The van der Waals surface area contributed by atoms with Crippen molar-refractivity contribution in [1.82, 2.24) is 0 Å². The summed E-state index contributed by atoms with van der Waals surface area (Å²) in [6.45, 7) is 0. The summed E-state index contributed by atoms with van der Waals surface area (Å²) in [5.74, 6) is 0.192. The minimum Gasteiger partial charge on any atom is -0.507 e. The van der Waals surface area contributed by atoms with Crippen LogP contribution >= 0.6 is 0 Å². The quantitative estimate of drug-likeness (QED) is 0.0986. The molecule has 0 unspecified atom stereocenters. The number of hydrogen-bond acceptors (Lipinski definition) is 2. The van der Waals surface area contributed by atoms with Crippen LogP contribution in [0.5, 0.6) is 0 Å². The van der Waals surface area contributed by atoms with Crippen LogP contribution in [0.4, 0.5) is 0 Å². The number of aliphatic hydroxyl groups excluding tert-OH is 2. The van der Waals surface area contributed by atoms with Crippen molar-refractivity contribution in [3.63, 3.8) is 0 Å². The molecule has 0 aliphatic carbocycles. The largest absolute Gasteiger partial charge is 0.507 e. The Kier molecular flexibility index (Phi) is 11.2. The molecular formula is C30H26O4Sn+2. The van der Waals surface area contributed by atoms with Crippen molar-refractivity contribution in [1.29, 1.82) is 0 Å². The van der Waals surface area contributed by atoms with E-state index in [1.807, 2.05) is 72.8 Å². The monoisotopic (exact) mass is 570 g/mol. The van der Waals surface area contributed by atoms with E-state index in [2.05, 4.69) is 0 Å². The van der Waals surface area contributed by atoms with Gasteiger partial charge in [-0.1, -0.05) is 97.1 Å². The van der Waals surface area contributed by atoms with Gasteiger partial charge in [-0.05, 0) is 24.3 Å². The van der Waals surface area contributed by atoms with Crippen molar-refractivity contribution in [3.8, 4) is 0 Å². The summed E-state index contributed by atoms with van der Waals surface area (Å²) < 4.78 is 0. The number of hydrogen-bond donors (Lipinski definition) is 2. The van der Waals surface area contributed by atoms with E-state index in [4.69, 9.17) is 0 Å². The molecule has 0 fully saturated rings. The van der Waals surface area contributed by atoms with Crippen molar-refractivity contribution < 1.29 is 19.8 Å². The van der Waals surface area contributed by atoms with E-state index >= 15 is 0 Å². The van der Waals surface area contributed by atoms with Gasteiger partial charge in [0.05, 0.1) is 23.3 Å². The molecule has 0 saturated heterocycles. The Bertz CT molecular complexity index is 1160. The average molecular weight is 569 g/mol. The maximum Gasteiger partial charge on any atom is 0.350 e. The van der Waals surface area contributed by atoms with Gasteiger partial charge in [-0.3, -0.25) is 9.59 Å². The van der Waals surface area contributed by atoms with Crippen molar-refractivity contribution in [2.45, 2.75) is 0 Å². The van der Waals surface area contributed by atoms with Gasteiger partial charge in [-0.15, -0.1) is 0 Å². The number of ketones is 2. The minimum absolute atomic E-state index is 0. The predicted molar refractivity (Wildman–Crippen MR) is 145 cm³/mol. The standard InChI is InChI=1S/2C15H12O2.Sn/c2*16-14(12-7-3-1-4-8-12)11-15(17)13-9-5-2-6-10-13;/h2*1-11,16H;/p+2/b2*14-11-;. The number of rotatable bonds is 6. The summed E-state index contributed by atoms with van der Waals surface area (Å²) >= 11 is 0. The topological polar surface area (TPSA) is 83.3 Å². The summed E-state index contributed by atoms with van der Waals surface area (Å²) in [4.78, 5) is 19.7. The van der Waals surface area contributed by atoms with Crippen molar-refractivity contribution in [3.05, 3.63) is 156 Å². The molecule has 0 aliphatic rings. The van der Waals surface area contributed by atoms with Gasteiger partial charge in [0.15, 0.2) is 0 Å². The van der Waals surface area contributed by atoms with Crippen molar-refractivity contribution in [2.75, 3.05) is 0 Å². The second-order valence-electron chi connectivity index (χ2n) is 7.29. The molecule has 5 heteroatoms. The fraction of sp³-hybridized carbons (Fsp3) is 0. The molecule has 172 valence electrons. The van der Waals surface area contributed by atoms with Gasteiger partial charge in [0.25, 0.3) is 0 Å². The third-order valence-corrected chi connectivity index (χ3v) is 4.83. The maximum atomic E-state index is 9.83. The SMILES string of the molecule is O/C(=C\C(=[OH+])c1ccccc1)c1ccccc1.O/C(=C\C(=[OH+])c1ccccc1)c1ccccc1.[Sn]. The van der Waals surface area contributed by atoms with Crippen LogP contribution in [0.1, 0.15) is 22.3 Å². The van der Waals surface area contributed by atoms with Crippen LogP contribution in [0.15, 0.2) is 133 Å². The van der Waals surface area contributed by atoms with Crippen LogP contribution in [0.3, 0.4) is 0 Å². The first kappa shape index (κ1) is 27.3. The third-order valence-electron chi connectivity index (χ3n) is 4.83. The van der Waals surface area contributed by atoms with E-state index in [1.54, 1.807) is 48.5 Å². The van der Waals surface area contributed by atoms with Gasteiger partial charge in [0.1, 0.15) is 11.5 Å². The molecule has 0 aliphatic heterocycles. The molecule has 0 amide bonds. The van der Waals surface area contributed by atoms with Crippen LogP contribution in [0.25, 0.3) is 11.5 Å². The zero-order valence-electron chi connectivity index (χ0n) is 19.0. The zero-order valence-corrected chi connectivity index (χ0v) is 21.8. The molecule has 0 bridgehead atoms. The first-order valence-electron chi connectivity index (χ1n) is 10.7. The minimum atomic E-state index is 0. The van der Waals surface area contributed by atoms with E-state index in [0.717, 1.165) is 0 Å². The number of aliphatic hydroxyl groups is 2. The predicted octanol–water partition coefficient (Wildman–Crippen LogP) is 5.98. The van der Waals surface area contributed by atoms with Crippen LogP contribution in [0.2, 0.25) is 0 Å². The summed E-state index contributed by atoms with van der Waals surface area (Å²) in [7, 11) is 0. The summed E-state index contributed by atoms with van der Waals surface area (Å²) in [6, 6.07) is 36.4. The molecular weight excluding hydrogens is 543 g/mol. The molecule has 4 aromatic rings. The molecule has 4 aromatic carbocycles. The second-order valence-corrected chi connectivity index (χ2v) is 7.29. The zero-order chi connectivity index (χ0) is 24.2. The van der Waals surface area contributed by atoms with E-state index < -0.39 is 0 Å². The molecule has 4 radical (unpaired) electrons. The van der Waals surface area contributed by atoms with Crippen molar-refractivity contribution >= 4 is 47.0 Å². The molecule has 0 aromatic heterocycles. The van der Waals surface area contributed by atoms with Crippen LogP contribution in [-0.2, 0) is 0 Å². The van der Waals surface area contributed by atoms with Gasteiger partial charge in [-0.25, -0.2) is 0 Å². The molecule has 0 spiro atoms. The fourth-order valence-electron chi connectivity index (χ4n) is 3.03. The Hall–Kier alpha value is -3.90. The van der Waals surface area contributed by atoms with E-state index in [1.165, 1.54) is 12.2 Å². The second kappa shape index (κ2) is 14.4. The molecule has 4 N–H and O–H groups in total. The first-order chi connectivity index (χ1) is 16.5. The van der Waals surface area contributed by atoms with Gasteiger partial charge < -0.3 is 10.2 Å². The Morgan fingerprint density at radius 3 is 0.914 bits per heavy atom. The Balaban J connectivity index is 0.000000240. The molecule has 35 heavy (non-hydrogen) atoms. The third kappa shape index (κ3) is 8.76.